The van der Waals surface area contributed by atoms with E-state index in [4.69, 9.17) is 13.0 Å². The van der Waals surface area contributed by atoms with Crippen LogP contribution in [0.4, 0.5) is 26.3 Å². The molecule has 1 N–H and O–H groups in total. The molecule has 0 heterocycles. The second kappa shape index (κ2) is 4.50. The maximum Gasteiger partial charge on any atom is 0.522 e. The number of hydrogen-bond donors (Lipinski definition) is 1. The number of alkyl halides is 6. The van der Waals surface area contributed by atoms with Crippen molar-refractivity contribution in [2.45, 2.75) is 12.2 Å². The Morgan fingerprint density at radius 1 is 1.08 bits per heavy atom. The average molecular weight is 220 g/mol. The summed E-state index contributed by atoms with van der Waals surface area (Å²) in [7, 11) is -5.84. The van der Waals surface area contributed by atoms with Crippen LogP contribution in [0.5, 0.6) is 0 Å². The summed E-state index contributed by atoms with van der Waals surface area (Å²) in [5.74, 6) is 0. The first kappa shape index (κ1) is 14.0. The molecule has 0 aliphatic rings. The monoisotopic (exact) mass is 220 g/mol. The summed E-state index contributed by atoms with van der Waals surface area (Å²) in [6, 6.07) is 0. The van der Waals surface area contributed by atoms with Crippen LogP contribution in [-0.4, -0.2) is 25.2 Å². The maximum atomic E-state index is 10.7. The molecule has 0 aromatic carbocycles. The van der Waals surface area contributed by atoms with Crippen LogP contribution >= 0.6 is 0 Å². The van der Waals surface area contributed by atoms with Gasteiger partial charge in [-0.2, -0.15) is 34.8 Å². The van der Waals surface area contributed by atoms with Gasteiger partial charge in [0.05, 0.1) is 0 Å². The smallest absolute Gasteiger partial charge is 0.279 e. The van der Waals surface area contributed by atoms with E-state index >= 15 is 0 Å². The summed E-state index contributed by atoms with van der Waals surface area (Å²) >= 11 is 0. The lowest BCUT2D eigenvalue weighted by Crippen LogP contribution is -2.21. The van der Waals surface area contributed by atoms with Gasteiger partial charge in [0.1, 0.15) is 0 Å². The molecule has 76 valence electrons. The zero-order chi connectivity index (χ0) is 10.6. The molecular weight excluding hydrogens is 218 g/mol. The second-order valence-electron chi connectivity index (χ2n) is 1.17. The summed E-state index contributed by atoms with van der Waals surface area (Å²) in [5.41, 5.74) is -5.53. The molecule has 0 amide bonds. The normalized spacial score (nSPS) is 12.3. The Hall–Kier alpha value is -0.510. The fourth-order valence-corrected chi connectivity index (χ4v) is 0. The van der Waals surface area contributed by atoms with Crippen molar-refractivity contribution in [2.75, 3.05) is 0 Å². The van der Waals surface area contributed by atoms with Crippen molar-refractivity contribution < 1.29 is 39.3 Å². The van der Waals surface area contributed by atoms with Crippen LogP contribution in [0, 0.1) is 0 Å². The van der Waals surface area contributed by atoms with Gasteiger partial charge in [0.2, 0.25) is 0 Å². The highest BCUT2D eigenvalue weighted by atomic mass is 32.2. The molecule has 0 atom stereocenters. The van der Waals surface area contributed by atoms with Crippen LogP contribution in [-0.2, 0) is 10.1 Å². The quantitative estimate of drug-likeness (QED) is 0.383. The molecule has 0 rings (SSSR count). The molecule has 0 spiro atoms. The van der Waals surface area contributed by atoms with Gasteiger partial charge in [0, 0.05) is 0 Å². The van der Waals surface area contributed by atoms with E-state index in [0.717, 1.165) is 0 Å². The van der Waals surface area contributed by atoms with Gasteiger partial charge in [-0.1, -0.05) is 0 Å². The van der Waals surface area contributed by atoms with E-state index in [0.29, 0.717) is 0 Å². The lowest BCUT2D eigenvalue weighted by atomic mass is 11.6. The third kappa shape index (κ3) is 9.49. The molecule has 0 saturated heterocycles. The molecule has 0 aromatic heterocycles. The standard InChI is InChI=1S/CHF3O3S.CHF3/c2-1(3,4)8(5,6)7;2-1(3)4/h(H,5,6,7);1H. The third-order valence-corrected chi connectivity index (χ3v) is 0.877. The lowest BCUT2D eigenvalue weighted by Gasteiger charge is -1.97. The van der Waals surface area contributed by atoms with Crippen molar-refractivity contribution in [2.24, 2.45) is 0 Å². The minimum absolute atomic E-state index is 3.67. The van der Waals surface area contributed by atoms with Gasteiger partial charge < -0.3 is 0 Å². The van der Waals surface area contributed by atoms with E-state index in [-0.39, 0.29) is 0 Å². The summed E-state index contributed by atoms with van der Waals surface area (Å²) < 4.78 is 86.5. The van der Waals surface area contributed by atoms with Crippen LogP contribution in [0.2, 0.25) is 0 Å². The van der Waals surface area contributed by atoms with Crippen molar-refractivity contribution in [3.63, 3.8) is 0 Å². The SMILES string of the molecule is FC(F)F.O=S(=O)(O)C(F)(F)F. The number of halogens is 6. The van der Waals surface area contributed by atoms with Gasteiger partial charge in [-0.15, -0.1) is 0 Å². The first-order valence-corrected chi connectivity index (χ1v) is 3.38. The Morgan fingerprint density at radius 2 is 1.17 bits per heavy atom. The zero-order valence-corrected chi connectivity index (χ0v) is 5.83. The first-order valence-electron chi connectivity index (χ1n) is 1.94. The van der Waals surface area contributed by atoms with Gasteiger partial charge in [-0.3, -0.25) is 4.55 Å². The highest BCUT2D eigenvalue weighted by Crippen LogP contribution is 2.20. The van der Waals surface area contributed by atoms with Gasteiger partial charge in [-0.05, 0) is 0 Å². The highest BCUT2D eigenvalue weighted by Gasteiger charge is 2.44. The van der Waals surface area contributed by atoms with Gasteiger partial charge in [0.25, 0.3) is 0 Å². The van der Waals surface area contributed by atoms with Gasteiger partial charge in [-0.25, -0.2) is 0 Å². The average Bonchev–Trinajstić information content (AvgIpc) is 1.55. The molecule has 10 heteroatoms. The summed E-state index contributed by atoms with van der Waals surface area (Å²) in [6.07, 6.45) is 0. The van der Waals surface area contributed by atoms with Crippen molar-refractivity contribution in [1.82, 2.24) is 0 Å². The lowest BCUT2D eigenvalue weighted by molar-refractivity contribution is -0.0510. The summed E-state index contributed by atoms with van der Waals surface area (Å²) in [4.78, 5) is 0. The Bertz CT molecular complexity index is 201. The predicted molar refractivity (Wildman–Crippen MR) is 24.7 cm³/mol. The highest BCUT2D eigenvalue weighted by molar-refractivity contribution is 7.86. The van der Waals surface area contributed by atoms with E-state index in [1.165, 1.54) is 0 Å². The van der Waals surface area contributed by atoms with Crippen LogP contribution in [0.3, 0.4) is 0 Å². The van der Waals surface area contributed by atoms with E-state index in [2.05, 4.69) is 0 Å². The van der Waals surface area contributed by atoms with Crippen molar-refractivity contribution >= 4 is 10.1 Å². The van der Waals surface area contributed by atoms with Gasteiger partial charge >= 0.3 is 22.3 Å². The van der Waals surface area contributed by atoms with Crippen molar-refractivity contribution in [3.8, 4) is 0 Å². The minimum atomic E-state index is -5.84. The third-order valence-electron chi connectivity index (χ3n) is 0.292. The predicted octanol–water partition coefficient (Wildman–Crippen LogP) is 1.57. The zero-order valence-electron chi connectivity index (χ0n) is 5.02. The Kier molecular flexibility index (Phi) is 5.26. The Labute approximate surface area is 62.7 Å². The Morgan fingerprint density at radius 3 is 1.17 bits per heavy atom. The number of rotatable bonds is 0. The molecule has 3 nitrogen and oxygen atoms in total. The van der Waals surface area contributed by atoms with Crippen LogP contribution in [0.15, 0.2) is 0 Å². The number of hydrogen-bond acceptors (Lipinski definition) is 2. The minimum Gasteiger partial charge on any atom is -0.279 e. The molecule has 0 saturated carbocycles. The largest absolute Gasteiger partial charge is 0.522 e. The Balaban J connectivity index is 0. The summed E-state index contributed by atoms with van der Waals surface area (Å²) in [6.45, 7) is -3.67. The maximum absolute atomic E-state index is 10.7. The fraction of sp³-hybridized carbons (Fsp3) is 1.00. The van der Waals surface area contributed by atoms with E-state index < -0.39 is 22.3 Å². The van der Waals surface area contributed by atoms with E-state index in [9.17, 15) is 26.3 Å². The molecule has 0 fully saturated rings. The molecule has 0 aliphatic carbocycles. The molecule has 12 heavy (non-hydrogen) atoms. The fourth-order valence-electron chi connectivity index (χ4n) is 0. The topological polar surface area (TPSA) is 54.4 Å². The van der Waals surface area contributed by atoms with Crippen molar-refractivity contribution in [1.29, 1.82) is 0 Å². The second-order valence-corrected chi connectivity index (χ2v) is 2.58. The molecular formula is C2H2F6O3S. The van der Waals surface area contributed by atoms with Crippen LogP contribution < -0.4 is 0 Å². The first-order chi connectivity index (χ1) is 4.98. The molecule has 0 bridgehead atoms. The molecule has 0 radical (unpaired) electrons. The van der Waals surface area contributed by atoms with Gasteiger partial charge in [0.15, 0.2) is 0 Å². The van der Waals surface area contributed by atoms with E-state index in [1.807, 2.05) is 0 Å². The van der Waals surface area contributed by atoms with Crippen LogP contribution in [0.25, 0.3) is 0 Å². The molecule has 0 aliphatic heterocycles. The van der Waals surface area contributed by atoms with Crippen molar-refractivity contribution in [3.05, 3.63) is 0 Å². The summed E-state index contributed by atoms with van der Waals surface area (Å²) in [5, 5.41) is 0. The van der Waals surface area contributed by atoms with E-state index in [1.54, 1.807) is 0 Å². The molecule has 0 unspecified atom stereocenters. The molecule has 0 aromatic rings. The van der Waals surface area contributed by atoms with Crippen LogP contribution in [0.1, 0.15) is 0 Å².